The average Bonchev–Trinajstić information content (AvgIpc) is 3.00. The van der Waals surface area contributed by atoms with Gasteiger partial charge in [0.25, 0.3) is 0 Å². The van der Waals surface area contributed by atoms with E-state index in [-0.39, 0.29) is 18.1 Å². The van der Waals surface area contributed by atoms with Gasteiger partial charge in [-0.15, -0.1) is 0 Å². The smallest absolute Gasteiger partial charge is 0.416 e. The van der Waals surface area contributed by atoms with Crippen molar-refractivity contribution in [3.8, 4) is 16.9 Å². The molecule has 154 valence electrons. The number of alkyl halides is 3. The minimum Gasteiger partial charge on any atom is -0.475 e. The Morgan fingerprint density at radius 3 is 2.28 bits per heavy atom. The zero-order valence-corrected chi connectivity index (χ0v) is 16.4. The van der Waals surface area contributed by atoms with Gasteiger partial charge in [-0.3, -0.25) is 4.79 Å². The molecule has 0 spiro atoms. The molecule has 1 aliphatic rings. The predicted molar refractivity (Wildman–Crippen MR) is 101 cm³/mol. The normalized spacial score (nSPS) is 13.9. The molecule has 7 heteroatoms. The molecule has 2 aromatic rings. The lowest BCUT2D eigenvalue weighted by Crippen LogP contribution is -2.39. The largest absolute Gasteiger partial charge is 0.475 e. The van der Waals surface area contributed by atoms with Gasteiger partial charge in [0.2, 0.25) is 0 Å². The first-order chi connectivity index (χ1) is 13.5. The summed E-state index contributed by atoms with van der Waals surface area (Å²) in [4.78, 5) is 24.4. The van der Waals surface area contributed by atoms with E-state index in [1.165, 1.54) is 26.0 Å². The molecule has 0 saturated carbocycles. The number of aryl methyl sites for hydroxylation is 1. The maximum atomic E-state index is 12.9. The van der Waals surface area contributed by atoms with E-state index >= 15 is 0 Å². The summed E-state index contributed by atoms with van der Waals surface area (Å²) in [6, 6.07) is 8.01. The second-order valence-electron chi connectivity index (χ2n) is 7.34. The van der Waals surface area contributed by atoms with Crippen molar-refractivity contribution in [2.45, 2.75) is 45.4 Å². The number of hydrogen-bond donors (Lipinski definition) is 0. The number of carbonyl (C=O) groups is 2. The van der Waals surface area contributed by atoms with Gasteiger partial charge in [-0.25, -0.2) is 4.79 Å². The van der Waals surface area contributed by atoms with Gasteiger partial charge < -0.3 is 9.47 Å². The van der Waals surface area contributed by atoms with Crippen LogP contribution in [0.3, 0.4) is 0 Å². The second-order valence-corrected chi connectivity index (χ2v) is 7.34. The summed E-state index contributed by atoms with van der Waals surface area (Å²) in [6.45, 7) is 4.93. The van der Waals surface area contributed by atoms with Gasteiger partial charge >= 0.3 is 12.1 Å². The number of ketones is 1. The Morgan fingerprint density at radius 1 is 1.03 bits per heavy atom. The fourth-order valence-electron chi connectivity index (χ4n) is 3.24. The molecule has 0 radical (unpaired) electrons. The van der Waals surface area contributed by atoms with Gasteiger partial charge in [0.15, 0.2) is 11.4 Å². The molecule has 0 atom stereocenters. The summed E-state index contributed by atoms with van der Waals surface area (Å²) in [5, 5.41) is 0. The fraction of sp³-hybridized carbons (Fsp3) is 0.364. The van der Waals surface area contributed by atoms with Crippen molar-refractivity contribution in [3.05, 3.63) is 53.1 Å². The van der Waals surface area contributed by atoms with Crippen molar-refractivity contribution < 1.29 is 32.2 Å². The van der Waals surface area contributed by atoms with Gasteiger partial charge in [-0.1, -0.05) is 12.1 Å². The number of esters is 1. The molecule has 0 unspecified atom stereocenters. The maximum Gasteiger partial charge on any atom is 0.416 e. The van der Waals surface area contributed by atoms with Crippen molar-refractivity contribution in [1.29, 1.82) is 0 Å². The van der Waals surface area contributed by atoms with Crippen LogP contribution in [0.25, 0.3) is 11.1 Å². The number of halogens is 3. The Hall–Kier alpha value is -2.83. The zero-order valence-electron chi connectivity index (χ0n) is 16.4. The maximum absolute atomic E-state index is 12.9. The van der Waals surface area contributed by atoms with Crippen molar-refractivity contribution in [2.24, 2.45) is 0 Å². The van der Waals surface area contributed by atoms with Crippen molar-refractivity contribution in [1.82, 2.24) is 0 Å². The van der Waals surface area contributed by atoms with E-state index in [9.17, 15) is 22.8 Å². The van der Waals surface area contributed by atoms with Gasteiger partial charge in [0.05, 0.1) is 12.2 Å². The van der Waals surface area contributed by atoms with Crippen LogP contribution in [0, 0.1) is 0 Å². The summed E-state index contributed by atoms with van der Waals surface area (Å²) < 4.78 is 49.6. The number of ether oxygens (including phenoxy) is 2. The van der Waals surface area contributed by atoms with Crippen molar-refractivity contribution in [2.75, 3.05) is 6.61 Å². The highest BCUT2D eigenvalue weighted by Crippen LogP contribution is 2.39. The average molecular weight is 406 g/mol. The van der Waals surface area contributed by atoms with Crippen molar-refractivity contribution >= 4 is 11.8 Å². The third kappa shape index (κ3) is 4.28. The van der Waals surface area contributed by atoms with E-state index in [1.807, 2.05) is 0 Å². The lowest BCUT2D eigenvalue weighted by atomic mass is 9.97. The third-order valence-corrected chi connectivity index (χ3v) is 4.78. The zero-order chi connectivity index (χ0) is 21.4. The third-order valence-electron chi connectivity index (χ3n) is 4.78. The standard InChI is InChI=1S/C22H21F3O4/c1-4-28-20(27)21(2,3)29-19-12-16-14(7-10-18(16)26)11-17(19)13-5-8-15(9-6-13)22(23,24)25/h5-6,8-9,11-12H,4,7,10H2,1-3H3. The van der Waals surface area contributed by atoms with Crippen LogP contribution in [0.1, 0.15) is 48.7 Å². The van der Waals surface area contributed by atoms with Gasteiger partial charge in [0.1, 0.15) is 5.75 Å². The summed E-state index contributed by atoms with van der Waals surface area (Å²) in [7, 11) is 0. The summed E-state index contributed by atoms with van der Waals surface area (Å²) in [6.07, 6.45) is -3.51. The van der Waals surface area contributed by atoms with Gasteiger partial charge in [-0.05, 0) is 62.6 Å². The number of fused-ring (bicyclic) bond motifs is 1. The van der Waals surface area contributed by atoms with Crippen molar-refractivity contribution in [3.63, 3.8) is 0 Å². The predicted octanol–water partition coefficient (Wildman–Crippen LogP) is 5.22. The summed E-state index contributed by atoms with van der Waals surface area (Å²) >= 11 is 0. The molecule has 0 saturated heterocycles. The van der Waals surface area contributed by atoms with E-state index in [1.54, 1.807) is 19.1 Å². The molecule has 0 fully saturated rings. The summed E-state index contributed by atoms with van der Waals surface area (Å²) in [5.74, 6) is -0.361. The Balaban J connectivity index is 2.06. The molecule has 0 amide bonds. The molecule has 0 N–H and O–H groups in total. The molecule has 3 rings (SSSR count). The monoisotopic (exact) mass is 406 g/mol. The second kappa shape index (κ2) is 7.54. The molecule has 2 aromatic carbocycles. The van der Waals surface area contributed by atoms with Crippen LogP contribution in [-0.4, -0.2) is 24.0 Å². The molecule has 1 aliphatic carbocycles. The molecule has 0 heterocycles. The molecular formula is C22H21F3O4. The van der Waals surface area contributed by atoms with Crippen LogP contribution in [0.4, 0.5) is 13.2 Å². The number of carbonyl (C=O) groups excluding carboxylic acids is 2. The fourth-order valence-corrected chi connectivity index (χ4v) is 3.24. The number of Topliss-reactive ketones (excluding diaryl/α,β-unsaturated/α-hetero) is 1. The Bertz CT molecular complexity index is 944. The van der Waals surface area contributed by atoms with Crippen LogP contribution in [-0.2, 0) is 22.1 Å². The highest BCUT2D eigenvalue weighted by molar-refractivity contribution is 6.01. The molecule has 0 bridgehead atoms. The highest BCUT2D eigenvalue weighted by atomic mass is 19.4. The number of benzene rings is 2. The topological polar surface area (TPSA) is 52.6 Å². The van der Waals surface area contributed by atoms with E-state index in [2.05, 4.69) is 0 Å². The van der Waals surface area contributed by atoms with Crippen LogP contribution in [0.5, 0.6) is 5.75 Å². The van der Waals surface area contributed by atoms with Crippen LogP contribution in [0.2, 0.25) is 0 Å². The Labute approximate surface area is 166 Å². The molecule has 4 nitrogen and oxygen atoms in total. The van der Waals surface area contributed by atoms with Gasteiger partial charge in [0, 0.05) is 17.5 Å². The lowest BCUT2D eigenvalue weighted by molar-refractivity contribution is -0.158. The minimum absolute atomic E-state index is 0.0299. The first kappa shape index (κ1) is 20.9. The van der Waals surface area contributed by atoms with Crippen LogP contribution < -0.4 is 4.74 Å². The van der Waals surface area contributed by atoms with E-state index in [0.29, 0.717) is 29.5 Å². The molecule has 0 aliphatic heterocycles. The highest BCUT2D eigenvalue weighted by Gasteiger charge is 2.34. The molecule has 29 heavy (non-hydrogen) atoms. The summed E-state index contributed by atoms with van der Waals surface area (Å²) in [5.41, 5.74) is 0.236. The molecular weight excluding hydrogens is 385 g/mol. The first-order valence-electron chi connectivity index (χ1n) is 9.27. The van der Waals surface area contributed by atoms with Gasteiger partial charge in [-0.2, -0.15) is 13.2 Å². The first-order valence-corrected chi connectivity index (χ1v) is 9.27. The quantitative estimate of drug-likeness (QED) is 0.639. The van der Waals surface area contributed by atoms with E-state index in [0.717, 1.165) is 17.7 Å². The molecule has 0 aromatic heterocycles. The number of rotatable bonds is 5. The SMILES string of the molecule is CCOC(=O)C(C)(C)Oc1cc2c(cc1-c1ccc(C(F)(F)F)cc1)CCC2=O. The Kier molecular flexibility index (Phi) is 5.43. The van der Waals surface area contributed by atoms with E-state index in [4.69, 9.17) is 9.47 Å². The number of hydrogen-bond acceptors (Lipinski definition) is 4. The lowest BCUT2D eigenvalue weighted by Gasteiger charge is -2.26. The van der Waals surface area contributed by atoms with Crippen LogP contribution >= 0.6 is 0 Å². The Morgan fingerprint density at radius 2 is 1.69 bits per heavy atom. The van der Waals surface area contributed by atoms with Crippen LogP contribution in [0.15, 0.2) is 36.4 Å². The minimum atomic E-state index is -4.44. The van der Waals surface area contributed by atoms with E-state index < -0.39 is 23.3 Å².